The third kappa shape index (κ3) is 1.93. The summed E-state index contributed by atoms with van der Waals surface area (Å²) in [7, 11) is 0. The minimum atomic E-state index is -0.323. The summed E-state index contributed by atoms with van der Waals surface area (Å²) in [5, 5.41) is 3.11. The van der Waals surface area contributed by atoms with Crippen LogP contribution in [0.3, 0.4) is 0 Å². The summed E-state index contributed by atoms with van der Waals surface area (Å²) in [6.07, 6.45) is 0. The Morgan fingerprint density at radius 3 is 2.88 bits per heavy atom. The van der Waals surface area contributed by atoms with E-state index >= 15 is 0 Å². The highest BCUT2D eigenvalue weighted by molar-refractivity contribution is 5.78. The second-order valence-corrected chi connectivity index (χ2v) is 4.28. The summed E-state index contributed by atoms with van der Waals surface area (Å²) in [6, 6.07) is 5.11. The Bertz CT molecular complexity index is 419. The van der Waals surface area contributed by atoms with Crippen LogP contribution >= 0.6 is 0 Å². The van der Waals surface area contributed by atoms with E-state index in [2.05, 4.69) is 5.32 Å². The molecule has 0 aromatic heterocycles. The lowest BCUT2D eigenvalue weighted by Crippen LogP contribution is -2.28. The molecule has 1 aromatic rings. The highest BCUT2D eigenvalue weighted by atomic mass is 19.1. The van der Waals surface area contributed by atoms with Crippen LogP contribution in [0.2, 0.25) is 0 Å². The average Bonchev–Trinajstić information content (AvgIpc) is 2.71. The van der Waals surface area contributed by atoms with E-state index in [1.165, 1.54) is 6.07 Å². The molecule has 2 rings (SSSR count). The van der Waals surface area contributed by atoms with Crippen molar-refractivity contribution in [3.8, 4) is 0 Å². The minimum Gasteiger partial charge on any atom is -0.369 e. The van der Waals surface area contributed by atoms with E-state index in [1.54, 1.807) is 13.0 Å². The lowest BCUT2D eigenvalue weighted by atomic mass is 9.88. The van der Waals surface area contributed by atoms with Gasteiger partial charge in [0.2, 0.25) is 5.91 Å². The first kappa shape index (κ1) is 11.1. The van der Waals surface area contributed by atoms with Gasteiger partial charge in [0, 0.05) is 19.0 Å². The van der Waals surface area contributed by atoms with Gasteiger partial charge in [-0.1, -0.05) is 12.1 Å². The molecule has 4 heteroatoms. The molecule has 1 aliphatic heterocycles. The number of hydrogen-bond donors (Lipinski definition) is 2. The van der Waals surface area contributed by atoms with Crippen molar-refractivity contribution in [1.82, 2.24) is 5.32 Å². The summed E-state index contributed by atoms with van der Waals surface area (Å²) in [6.45, 7) is 2.98. The standard InChI is InChI=1S/C12H15FN2O/c1-7-2-3-8(4-11(7)13)9-5-15-6-10(9)12(14)16/h2-4,9-10,15H,5-6H2,1H3,(H2,14,16). The molecule has 1 aliphatic rings. The van der Waals surface area contributed by atoms with Gasteiger partial charge in [-0.15, -0.1) is 0 Å². The quantitative estimate of drug-likeness (QED) is 0.782. The molecule has 0 spiro atoms. The first-order valence-corrected chi connectivity index (χ1v) is 5.35. The van der Waals surface area contributed by atoms with Crippen molar-refractivity contribution in [3.63, 3.8) is 0 Å². The van der Waals surface area contributed by atoms with Crippen molar-refractivity contribution < 1.29 is 9.18 Å². The summed E-state index contributed by atoms with van der Waals surface area (Å²) >= 11 is 0. The van der Waals surface area contributed by atoms with E-state index in [0.717, 1.165) is 5.56 Å². The van der Waals surface area contributed by atoms with Crippen molar-refractivity contribution in [2.45, 2.75) is 12.8 Å². The van der Waals surface area contributed by atoms with E-state index in [0.29, 0.717) is 18.7 Å². The van der Waals surface area contributed by atoms with Crippen LogP contribution < -0.4 is 11.1 Å². The van der Waals surface area contributed by atoms with Gasteiger partial charge >= 0.3 is 0 Å². The Labute approximate surface area is 93.8 Å². The molecule has 86 valence electrons. The number of hydrogen-bond acceptors (Lipinski definition) is 2. The Morgan fingerprint density at radius 1 is 1.50 bits per heavy atom. The molecule has 0 saturated carbocycles. The molecule has 1 fully saturated rings. The molecule has 1 aromatic carbocycles. The van der Waals surface area contributed by atoms with Gasteiger partial charge in [-0.3, -0.25) is 4.79 Å². The van der Waals surface area contributed by atoms with Gasteiger partial charge in [-0.25, -0.2) is 4.39 Å². The zero-order valence-electron chi connectivity index (χ0n) is 9.16. The topological polar surface area (TPSA) is 55.1 Å². The Morgan fingerprint density at radius 2 is 2.25 bits per heavy atom. The van der Waals surface area contributed by atoms with Crippen LogP contribution in [-0.2, 0) is 4.79 Å². The van der Waals surface area contributed by atoms with Crippen LogP contribution in [0.1, 0.15) is 17.0 Å². The lowest BCUT2D eigenvalue weighted by Gasteiger charge is -2.16. The summed E-state index contributed by atoms with van der Waals surface area (Å²) in [4.78, 5) is 11.2. The van der Waals surface area contributed by atoms with Crippen molar-refractivity contribution in [3.05, 3.63) is 35.1 Å². The fourth-order valence-electron chi connectivity index (χ4n) is 2.17. The zero-order chi connectivity index (χ0) is 11.7. The molecule has 16 heavy (non-hydrogen) atoms. The first-order valence-electron chi connectivity index (χ1n) is 5.35. The molecule has 2 atom stereocenters. The molecule has 1 saturated heterocycles. The maximum Gasteiger partial charge on any atom is 0.222 e. The molecule has 3 nitrogen and oxygen atoms in total. The van der Waals surface area contributed by atoms with Crippen LogP contribution in [0.5, 0.6) is 0 Å². The lowest BCUT2D eigenvalue weighted by molar-refractivity contribution is -0.121. The maximum absolute atomic E-state index is 13.4. The van der Waals surface area contributed by atoms with Gasteiger partial charge in [0.25, 0.3) is 0 Å². The van der Waals surface area contributed by atoms with E-state index in [1.807, 2.05) is 6.07 Å². The molecular formula is C12H15FN2O. The molecule has 2 unspecified atom stereocenters. The molecule has 3 N–H and O–H groups in total. The number of carbonyl (C=O) groups is 1. The van der Waals surface area contributed by atoms with Gasteiger partial charge in [-0.2, -0.15) is 0 Å². The molecule has 1 amide bonds. The van der Waals surface area contributed by atoms with Crippen LogP contribution in [0.4, 0.5) is 4.39 Å². The number of rotatable bonds is 2. The van der Waals surface area contributed by atoms with Crippen molar-refractivity contribution in [2.75, 3.05) is 13.1 Å². The molecular weight excluding hydrogens is 207 g/mol. The van der Waals surface area contributed by atoms with E-state index in [9.17, 15) is 9.18 Å². The van der Waals surface area contributed by atoms with E-state index in [4.69, 9.17) is 5.73 Å². The van der Waals surface area contributed by atoms with Crippen molar-refractivity contribution in [2.24, 2.45) is 11.7 Å². The monoisotopic (exact) mass is 222 g/mol. The van der Waals surface area contributed by atoms with Crippen molar-refractivity contribution in [1.29, 1.82) is 0 Å². The minimum absolute atomic E-state index is 0.00685. The Hall–Kier alpha value is -1.42. The Kier molecular flexibility index (Phi) is 2.92. The SMILES string of the molecule is Cc1ccc(C2CNCC2C(N)=O)cc1F. The summed E-state index contributed by atoms with van der Waals surface area (Å²) in [5.74, 6) is -0.793. The number of amides is 1. The number of primary amides is 1. The number of halogens is 1. The third-order valence-corrected chi connectivity index (χ3v) is 3.20. The van der Waals surface area contributed by atoms with Gasteiger partial charge in [-0.05, 0) is 24.1 Å². The number of nitrogens with two attached hydrogens (primary N) is 1. The Balaban J connectivity index is 2.29. The predicted octanol–water partition coefficient (Wildman–Crippen LogP) is 0.922. The van der Waals surface area contributed by atoms with Crippen LogP contribution in [0.15, 0.2) is 18.2 Å². The molecule has 0 aliphatic carbocycles. The number of aryl methyl sites for hydroxylation is 1. The number of nitrogens with one attached hydrogen (secondary N) is 1. The molecule has 1 heterocycles. The second kappa shape index (κ2) is 4.22. The largest absolute Gasteiger partial charge is 0.369 e. The first-order chi connectivity index (χ1) is 7.59. The molecule has 0 radical (unpaired) electrons. The van der Waals surface area contributed by atoms with Gasteiger partial charge in [0.15, 0.2) is 0 Å². The van der Waals surface area contributed by atoms with Gasteiger partial charge < -0.3 is 11.1 Å². The van der Waals surface area contributed by atoms with Gasteiger partial charge in [0.1, 0.15) is 5.82 Å². The van der Waals surface area contributed by atoms with Crippen LogP contribution in [0.25, 0.3) is 0 Å². The predicted molar refractivity (Wildman–Crippen MR) is 59.4 cm³/mol. The summed E-state index contributed by atoms with van der Waals surface area (Å²) < 4.78 is 13.4. The number of carbonyl (C=O) groups excluding carboxylic acids is 1. The average molecular weight is 222 g/mol. The maximum atomic E-state index is 13.4. The van der Waals surface area contributed by atoms with E-state index < -0.39 is 0 Å². The number of benzene rings is 1. The smallest absolute Gasteiger partial charge is 0.222 e. The third-order valence-electron chi connectivity index (χ3n) is 3.20. The summed E-state index contributed by atoms with van der Waals surface area (Å²) in [5.41, 5.74) is 6.78. The fourth-order valence-corrected chi connectivity index (χ4v) is 2.17. The molecule has 0 bridgehead atoms. The second-order valence-electron chi connectivity index (χ2n) is 4.28. The van der Waals surface area contributed by atoms with Crippen LogP contribution in [-0.4, -0.2) is 19.0 Å². The normalized spacial score (nSPS) is 24.6. The zero-order valence-corrected chi connectivity index (χ0v) is 9.16. The van der Waals surface area contributed by atoms with E-state index in [-0.39, 0.29) is 23.6 Å². The van der Waals surface area contributed by atoms with Crippen LogP contribution in [0, 0.1) is 18.7 Å². The fraction of sp³-hybridized carbons (Fsp3) is 0.417. The highest BCUT2D eigenvalue weighted by Gasteiger charge is 2.32. The van der Waals surface area contributed by atoms with Gasteiger partial charge in [0.05, 0.1) is 5.92 Å². The highest BCUT2D eigenvalue weighted by Crippen LogP contribution is 2.28. The van der Waals surface area contributed by atoms with Crippen molar-refractivity contribution >= 4 is 5.91 Å².